The van der Waals surface area contributed by atoms with E-state index in [2.05, 4.69) is 4.99 Å². The molecule has 3 heteroatoms. The second-order valence-electron chi connectivity index (χ2n) is 4.02. The number of aliphatic hydroxyl groups is 1. The minimum absolute atomic E-state index is 0.0206. The third kappa shape index (κ3) is 3.08. The van der Waals surface area contributed by atoms with Crippen LogP contribution < -0.4 is 5.46 Å². The van der Waals surface area contributed by atoms with E-state index in [0.717, 1.165) is 11.1 Å². The lowest BCUT2D eigenvalue weighted by Gasteiger charge is -2.09. The first-order valence-electron chi connectivity index (χ1n) is 5.84. The average Bonchev–Trinajstić information content (AvgIpc) is 2.42. The van der Waals surface area contributed by atoms with Gasteiger partial charge < -0.3 is 5.11 Å². The zero-order valence-electron chi connectivity index (χ0n) is 10.0. The van der Waals surface area contributed by atoms with E-state index in [1.807, 2.05) is 54.6 Å². The molecule has 0 aliphatic heterocycles. The second-order valence-corrected chi connectivity index (χ2v) is 4.02. The van der Waals surface area contributed by atoms with Gasteiger partial charge in [0.2, 0.25) is 0 Å². The van der Waals surface area contributed by atoms with Crippen LogP contribution in [-0.4, -0.2) is 25.8 Å². The minimum Gasteiger partial charge on any atom is -0.394 e. The fourth-order valence-electron chi connectivity index (χ4n) is 1.71. The summed E-state index contributed by atoms with van der Waals surface area (Å²) in [6.07, 6.45) is 1.71. The van der Waals surface area contributed by atoms with E-state index in [9.17, 15) is 5.11 Å². The van der Waals surface area contributed by atoms with Gasteiger partial charge in [-0.25, -0.2) is 0 Å². The van der Waals surface area contributed by atoms with Crippen molar-refractivity contribution in [2.45, 2.75) is 6.04 Å². The molecule has 1 N–H and O–H groups in total. The van der Waals surface area contributed by atoms with Crippen molar-refractivity contribution in [2.24, 2.45) is 4.99 Å². The van der Waals surface area contributed by atoms with Crippen LogP contribution in [0, 0.1) is 0 Å². The highest BCUT2D eigenvalue weighted by Crippen LogP contribution is 2.15. The number of aliphatic imine (C=N–C) groups is 1. The Balaban J connectivity index is 2.19. The first-order chi connectivity index (χ1) is 8.81. The Morgan fingerprint density at radius 3 is 2.39 bits per heavy atom. The zero-order chi connectivity index (χ0) is 12.8. The smallest absolute Gasteiger partial charge is 0.114 e. The summed E-state index contributed by atoms with van der Waals surface area (Å²) in [7, 11) is 5.83. The third-order valence-corrected chi connectivity index (χ3v) is 2.75. The quantitative estimate of drug-likeness (QED) is 0.634. The Hall–Kier alpha value is -1.87. The minimum atomic E-state index is -0.245. The topological polar surface area (TPSA) is 32.6 Å². The van der Waals surface area contributed by atoms with Gasteiger partial charge in [0.25, 0.3) is 0 Å². The maximum Gasteiger partial charge on any atom is 0.114 e. The highest BCUT2D eigenvalue weighted by atomic mass is 16.3. The van der Waals surface area contributed by atoms with E-state index < -0.39 is 0 Å². The van der Waals surface area contributed by atoms with E-state index >= 15 is 0 Å². The van der Waals surface area contributed by atoms with Crippen molar-refractivity contribution in [1.29, 1.82) is 0 Å². The average molecular weight is 235 g/mol. The Bertz CT molecular complexity index is 525. The van der Waals surface area contributed by atoms with E-state index in [1.54, 1.807) is 6.21 Å². The number of hydrogen-bond donors (Lipinski definition) is 1. The van der Waals surface area contributed by atoms with E-state index in [-0.39, 0.29) is 12.6 Å². The van der Waals surface area contributed by atoms with Crippen LogP contribution >= 0.6 is 0 Å². The van der Waals surface area contributed by atoms with Crippen LogP contribution in [0.1, 0.15) is 17.2 Å². The van der Waals surface area contributed by atoms with Gasteiger partial charge in [0.05, 0.1) is 12.6 Å². The summed E-state index contributed by atoms with van der Waals surface area (Å²) in [5.74, 6) is 0. The molecule has 0 saturated carbocycles. The molecule has 2 radical (unpaired) electrons. The number of rotatable bonds is 4. The van der Waals surface area contributed by atoms with Gasteiger partial charge >= 0.3 is 0 Å². The molecule has 0 aliphatic rings. The van der Waals surface area contributed by atoms with Crippen molar-refractivity contribution in [3.63, 3.8) is 0 Å². The molecule has 1 atom stereocenters. The van der Waals surface area contributed by atoms with Crippen LogP contribution in [0.2, 0.25) is 0 Å². The molecular formula is C15H14BNO. The first kappa shape index (κ1) is 12.6. The maximum atomic E-state index is 9.38. The predicted octanol–water partition coefficient (Wildman–Crippen LogP) is 1.63. The van der Waals surface area contributed by atoms with Crippen LogP contribution in [-0.2, 0) is 0 Å². The van der Waals surface area contributed by atoms with Crippen LogP contribution in [0.4, 0.5) is 0 Å². The fourth-order valence-corrected chi connectivity index (χ4v) is 1.71. The standard InChI is InChI=1S/C15H14BNO/c16-14-9-5-4-8-13(14)10-17-15(11-18)12-6-2-1-3-7-12/h1-10,15,18H,11H2/t15-/m1/s1. The van der Waals surface area contributed by atoms with Crippen molar-refractivity contribution in [2.75, 3.05) is 6.61 Å². The summed E-state index contributed by atoms with van der Waals surface area (Å²) in [4.78, 5) is 4.39. The summed E-state index contributed by atoms with van der Waals surface area (Å²) in [5, 5.41) is 9.38. The molecule has 88 valence electrons. The number of nitrogens with zero attached hydrogens (tertiary/aromatic N) is 1. The second kappa shape index (κ2) is 6.17. The van der Waals surface area contributed by atoms with Gasteiger partial charge in [-0.1, -0.05) is 60.1 Å². The SMILES string of the molecule is [B]c1ccccc1C=N[C@H](CO)c1ccccc1. The van der Waals surface area contributed by atoms with Crippen LogP contribution in [0.15, 0.2) is 59.6 Å². The van der Waals surface area contributed by atoms with E-state index in [4.69, 9.17) is 7.85 Å². The molecule has 2 aromatic carbocycles. The van der Waals surface area contributed by atoms with Gasteiger partial charge in [-0.2, -0.15) is 0 Å². The number of hydrogen-bond acceptors (Lipinski definition) is 2. The van der Waals surface area contributed by atoms with Gasteiger partial charge in [-0.3, -0.25) is 4.99 Å². The number of benzene rings is 2. The van der Waals surface area contributed by atoms with Gasteiger partial charge in [-0.05, 0) is 11.1 Å². The van der Waals surface area contributed by atoms with Crippen molar-refractivity contribution in [1.82, 2.24) is 0 Å². The lowest BCUT2D eigenvalue weighted by molar-refractivity contribution is 0.269. The monoisotopic (exact) mass is 235 g/mol. The Morgan fingerprint density at radius 1 is 1.06 bits per heavy atom. The summed E-state index contributed by atoms with van der Waals surface area (Å²) >= 11 is 0. The Labute approximate surface area is 108 Å². The molecule has 0 saturated heterocycles. The molecule has 0 aliphatic carbocycles. The maximum absolute atomic E-state index is 9.38. The summed E-state index contributed by atoms with van der Waals surface area (Å²) < 4.78 is 0. The molecule has 2 nitrogen and oxygen atoms in total. The third-order valence-electron chi connectivity index (χ3n) is 2.75. The van der Waals surface area contributed by atoms with Crippen molar-refractivity contribution >= 4 is 19.5 Å². The van der Waals surface area contributed by atoms with Crippen LogP contribution in [0.3, 0.4) is 0 Å². The molecule has 2 rings (SSSR count). The lowest BCUT2D eigenvalue weighted by Crippen LogP contribution is -2.10. The first-order valence-corrected chi connectivity index (χ1v) is 5.84. The molecule has 0 bridgehead atoms. The normalized spacial score (nSPS) is 12.7. The van der Waals surface area contributed by atoms with Crippen molar-refractivity contribution in [3.05, 3.63) is 65.7 Å². The van der Waals surface area contributed by atoms with Gasteiger partial charge in [0.15, 0.2) is 0 Å². The van der Waals surface area contributed by atoms with E-state index in [0.29, 0.717) is 5.46 Å². The molecular weight excluding hydrogens is 221 g/mol. The van der Waals surface area contributed by atoms with Crippen molar-refractivity contribution in [3.8, 4) is 0 Å². The van der Waals surface area contributed by atoms with Gasteiger partial charge in [-0.15, -0.1) is 0 Å². The summed E-state index contributed by atoms with van der Waals surface area (Å²) in [6.45, 7) is -0.0206. The zero-order valence-corrected chi connectivity index (χ0v) is 10.0. The van der Waals surface area contributed by atoms with Gasteiger partial charge in [0.1, 0.15) is 7.85 Å². The molecule has 2 aromatic rings. The molecule has 0 spiro atoms. The Kier molecular flexibility index (Phi) is 4.32. The fraction of sp³-hybridized carbons (Fsp3) is 0.133. The molecule has 0 fully saturated rings. The molecule has 18 heavy (non-hydrogen) atoms. The largest absolute Gasteiger partial charge is 0.394 e. The van der Waals surface area contributed by atoms with E-state index in [1.165, 1.54) is 0 Å². The number of aliphatic hydroxyl groups excluding tert-OH is 1. The molecule has 0 amide bonds. The molecule has 0 heterocycles. The van der Waals surface area contributed by atoms with Gasteiger partial charge in [0, 0.05) is 6.21 Å². The van der Waals surface area contributed by atoms with Crippen molar-refractivity contribution < 1.29 is 5.11 Å². The molecule has 0 unspecified atom stereocenters. The lowest BCUT2D eigenvalue weighted by atomic mass is 9.91. The molecule has 0 aromatic heterocycles. The Morgan fingerprint density at radius 2 is 1.72 bits per heavy atom. The van der Waals surface area contributed by atoms with Crippen LogP contribution in [0.25, 0.3) is 0 Å². The van der Waals surface area contributed by atoms with Crippen LogP contribution in [0.5, 0.6) is 0 Å². The highest BCUT2D eigenvalue weighted by Gasteiger charge is 2.06. The highest BCUT2D eigenvalue weighted by molar-refractivity contribution is 6.35. The summed E-state index contributed by atoms with van der Waals surface area (Å²) in [6, 6.07) is 17.0. The summed E-state index contributed by atoms with van der Waals surface area (Å²) in [5.41, 5.74) is 2.55. The predicted molar refractivity (Wildman–Crippen MR) is 75.7 cm³/mol.